The summed E-state index contributed by atoms with van der Waals surface area (Å²) >= 11 is 0. The first kappa shape index (κ1) is 22.8. The molecule has 2 aromatic rings. The van der Waals surface area contributed by atoms with Gasteiger partial charge in [-0.3, -0.25) is 4.79 Å². The van der Waals surface area contributed by atoms with Crippen molar-refractivity contribution in [2.24, 2.45) is 5.73 Å². The minimum absolute atomic E-state index is 0.0354. The summed E-state index contributed by atoms with van der Waals surface area (Å²) in [5.74, 6) is 1.06. The van der Waals surface area contributed by atoms with Gasteiger partial charge < -0.3 is 34.6 Å². The average Bonchev–Trinajstić information content (AvgIpc) is 2.88. The van der Waals surface area contributed by atoms with Gasteiger partial charge in [0.1, 0.15) is 11.5 Å². The Morgan fingerprint density at radius 1 is 1.00 bits per heavy atom. The SMILES string of the molecule is COc1c(C(N)=O)ccc(N2CCOCC2)c1[C@H]1COc2cccc(N3CCN(C)CC3)c2C1. The summed E-state index contributed by atoms with van der Waals surface area (Å²) in [6.07, 6.45) is 0.813. The number of fused-ring (bicyclic) bond motifs is 1. The molecule has 0 aromatic heterocycles. The summed E-state index contributed by atoms with van der Waals surface area (Å²) in [6.45, 7) is 7.55. The van der Waals surface area contributed by atoms with Crippen LogP contribution >= 0.6 is 0 Å². The Morgan fingerprint density at radius 2 is 1.74 bits per heavy atom. The molecule has 0 saturated carbocycles. The Hall–Kier alpha value is -2.97. The fourth-order valence-corrected chi connectivity index (χ4v) is 5.40. The molecule has 2 aromatic carbocycles. The van der Waals surface area contributed by atoms with Gasteiger partial charge >= 0.3 is 0 Å². The molecule has 3 heterocycles. The predicted octanol–water partition coefficient (Wildman–Crippen LogP) is 2.10. The smallest absolute Gasteiger partial charge is 0.252 e. The fourth-order valence-electron chi connectivity index (χ4n) is 5.40. The molecule has 1 amide bonds. The van der Waals surface area contributed by atoms with Crippen molar-refractivity contribution >= 4 is 17.3 Å². The number of piperazine rings is 1. The van der Waals surface area contributed by atoms with Gasteiger partial charge in [-0.15, -0.1) is 0 Å². The molecule has 182 valence electrons. The number of rotatable bonds is 5. The summed E-state index contributed by atoms with van der Waals surface area (Å²) in [6, 6.07) is 10.1. The lowest BCUT2D eigenvalue weighted by molar-refractivity contribution is 0.0996. The van der Waals surface area contributed by atoms with Gasteiger partial charge in [0, 0.05) is 67.7 Å². The van der Waals surface area contributed by atoms with Gasteiger partial charge in [-0.2, -0.15) is 0 Å². The van der Waals surface area contributed by atoms with Crippen LogP contribution in [-0.2, 0) is 11.2 Å². The van der Waals surface area contributed by atoms with Gasteiger partial charge in [-0.05, 0) is 37.7 Å². The van der Waals surface area contributed by atoms with E-state index >= 15 is 0 Å². The fraction of sp³-hybridized carbons (Fsp3) is 0.500. The summed E-state index contributed by atoms with van der Waals surface area (Å²) in [4.78, 5) is 19.4. The van der Waals surface area contributed by atoms with Crippen LogP contribution in [0.4, 0.5) is 11.4 Å². The van der Waals surface area contributed by atoms with Crippen molar-refractivity contribution < 1.29 is 19.0 Å². The zero-order valence-electron chi connectivity index (χ0n) is 20.1. The highest BCUT2D eigenvalue weighted by Gasteiger charge is 2.33. The molecule has 8 heteroatoms. The maximum atomic E-state index is 12.3. The average molecular weight is 467 g/mol. The van der Waals surface area contributed by atoms with E-state index in [2.05, 4.69) is 39.9 Å². The molecule has 0 unspecified atom stereocenters. The largest absolute Gasteiger partial charge is 0.496 e. The minimum Gasteiger partial charge on any atom is -0.496 e. The van der Waals surface area contributed by atoms with Crippen LogP contribution in [0.1, 0.15) is 27.4 Å². The number of anilines is 2. The second-order valence-corrected chi connectivity index (χ2v) is 9.30. The van der Waals surface area contributed by atoms with Crippen molar-refractivity contribution in [3.05, 3.63) is 47.0 Å². The number of hydrogen-bond acceptors (Lipinski definition) is 7. The number of methoxy groups -OCH3 is 1. The van der Waals surface area contributed by atoms with E-state index in [1.807, 2.05) is 6.07 Å². The Bertz CT molecular complexity index is 1050. The summed E-state index contributed by atoms with van der Waals surface area (Å²) < 4.78 is 17.8. The molecular formula is C26H34N4O4. The number of morpholine rings is 1. The number of likely N-dealkylation sites (N-methyl/N-ethyl adjacent to an activating group) is 1. The van der Waals surface area contributed by atoms with Gasteiger partial charge in [0.15, 0.2) is 0 Å². The van der Waals surface area contributed by atoms with Crippen molar-refractivity contribution in [2.75, 3.05) is 83.0 Å². The topological polar surface area (TPSA) is 80.5 Å². The number of carbonyl (C=O) groups is 1. The first-order chi connectivity index (χ1) is 16.6. The van der Waals surface area contributed by atoms with Crippen LogP contribution < -0.4 is 25.0 Å². The standard InChI is InChI=1S/C26H34N4O4/c1-28-8-10-29(11-9-28)21-4-3-5-23-20(21)16-18(17-34-23)24-22(30-12-14-33-15-13-30)7-6-19(26(27)31)25(24)32-2/h3-7,18H,8-17H2,1-2H3,(H2,27,31)/t18-/m1/s1. The number of nitrogens with zero attached hydrogens (tertiary/aromatic N) is 3. The van der Waals surface area contributed by atoms with Crippen molar-refractivity contribution in [1.29, 1.82) is 0 Å². The van der Waals surface area contributed by atoms with Crippen LogP contribution in [-0.4, -0.2) is 84.1 Å². The summed E-state index contributed by atoms with van der Waals surface area (Å²) in [7, 11) is 3.78. The molecule has 1 atom stereocenters. The van der Waals surface area contributed by atoms with E-state index < -0.39 is 5.91 Å². The molecule has 0 radical (unpaired) electrons. The highest BCUT2D eigenvalue weighted by atomic mass is 16.5. The zero-order valence-corrected chi connectivity index (χ0v) is 20.1. The third-order valence-corrected chi connectivity index (χ3v) is 7.25. The number of amides is 1. The molecule has 5 rings (SSSR count). The third-order valence-electron chi connectivity index (χ3n) is 7.25. The Balaban J connectivity index is 1.55. The molecule has 2 N–H and O–H groups in total. The Morgan fingerprint density at radius 3 is 2.44 bits per heavy atom. The Labute approximate surface area is 201 Å². The number of primary amides is 1. The van der Waals surface area contributed by atoms with Crippen LogP contribution in [0, 0.1) is 0 Å². The van der Waals surface area contributed by atoms with Gasteiger partial charge in [0.05, 0.1) is 32.5 Å². The maximum absolute atomic E-state index is 12.3. The van der Waals surface area contributed by atoms with Crippen molar-refractivity contribution in [1.82, 2.24) is 4.90 Å². The number of carbonyl (C=O) groups excluding carboxylic acids is 1. The molecule has 0 spiro atoms. The van der Waals surface area contributed by atoms with Gasteiger partial charge in [-0.1, -0.05) is 6.07 Å². The number of hydrogen-bond donors (Lipinski definition) is 1. The molecule has 2 fully saturated rings. The minimum atomic E-state index is -0.484. The van der Waals surface area contributed by atoms with E-state index in [4.69, 9.17) is 19.9 Å². The van der Waals surface area contributed by atoms with Gasteiger partial charge in [-0.25, -0.2) is 0 Å². The molecule has 3 aliphatic rings. The molecule has 3 aliphatic heterocycles. The number of ether oxygens (including phenoxy) is 3. The molecule has 8 nitrogen and oxygen atoms in total. The van der Waals surface area contributed by atoms with Gasteiger partial charge in [0.25, 0.3) is 5.91 Å². The normalized spacial score (nSPS) is 21.1. The molecule has 2 saturated heterocycles. The van der Waals surface area contributed by atoms with Crippen LogP contribution in [0.3, 0.4) is 0 Å². The van der Waals surface area contributed by atoms with E-state index in [1.165, 1.54) is 11.3 Å². The zero-order chi connectivity index (χ0) is 23.7. The molecule has 0 bridgehead atoms. The highest BCUT2D eigenvalue weighted by Crippen LogP contribution is 2.45. The van der Waals surface area contributed by atoms with E-state index in [9.17, 15) is 4.79 Å². The lowest BCUT2D eigenvalue weighted by atomic mass is 9.86. The summed E-state index contributed by atoms with van der Waals surface area (Å²) in [5, 5.41) is 0. The first-order valence-electron chi connectivity index (χ1n) is 12.1. The summed E-state index contributed by atoms with van der Waals surface area (Å²) in [5.41, 5.74) is 10.7. The monoisotopic (exact) mass is 466 g/mol. The Kier molecular flexibility index (Phi) is 6.52. The van der Waals surface area contributed by atoms with E-state index in [1.54, 1.807) is 13.2 Å². The van der Waals surface area contributed by atoms with Crippen LogP contribution in [0.5, 0.6) is 11.5 Å². The van der Waals surface area contributed by atoms with E-state index in [-0.39, 0.29) is 5.92 Å². The van der Waals surface area contributed by atoms with E-state index in [0.717, 1.165) is 62.7 Å². The molecular weight excluding hydrogens is 432 g/mol. The second kappa shape index (κ2) is 9.72. The third kappa shape index (κ3) is 4.28. The first-order valence-corrected chi connectivity index (χ1v) is 12.1. The van der Waals surface area contributed by atoms with Crippen molar-refractivity contribution in [3.63, 3.8) is 0 Å². The lowest BCUT2D eigenvalue weighted by Gasteiger charge is -2.38. The van der Waals surface area contributed by atoms with Crippen molar-refractivity contribution in [2.45, 2.75) is 12.3 Å². The van der Waals surface area contributed by atoms with Crippen molar-refractivity contribution in [3.8, 4) is 11.5 Å². The second-order valence-electron chi connectivity index (χ2n) is 9.30. The lowest BCUT2D eigenvalue weighted by Crippen LogP contribution is -2.45. The van der Waals surface area contributed by atoms with Crippen LogP contribution in [0.2, 0.25) is 0 Å². The predicted molar refractivity (Wildman–Crippen MR) is 133 cm³/mol. The maximum Gasteiger partial charge on any atom is 0.252 e. The quantitative estimate of drug-likeness (QED) is 0.723. The molecule has 34 heavy (non-hydrogen) atoms. The van der Waals surface area contributed by atoms with Crippen LogP contribution in [0.15, 0.2) is 30.3 Å². The van der Waals surface area contributed by atoms with E-state index in [0.29, 0.717) is 31.1 Å². The number of nitrogens with two attached hydrogens (primary N) is 1. The van der Waals surface area contributed by atoms with Crippen LogP contribution in [0.25, 0.3) is 0 Å². The van der Waals surface area contributed by atoms with Gasteiger partial charge in [0.2, 0.25) is 0 Å². The molecule has 0 aliphatic carbocycles. The highest BCUT2D eigenvalue weighted by molar-refractivity contribution is 5.97. The number of benzene rings is 2.